The first kappa shape index (κ1) is 11.1. The Bertz CT molecular complexity index is 369. The monoisotopic (exact) mass is 220 g/mol. The van der Waals surface area contributed by atoms with E-state index >= 15 is 0 Å². The number of rotatable bonds is 3. The number of Topliss-reactive ketones (excluding diaryl/α,β-unsaturated/α-hetero) is 1. The minimum absolute atomic E-state index is 0.0486. The van der Waals surface area contributed by atoms with Crippen LogP contribution in [0.3, 0.4) is 0 Å². The largest absolute Gasteiger partial charge is 0.488 e. The number of ether oxygens (including phenoxy) is 1. The van der Waals surface area contributed by atoms with Crippen molar-refractivity contribution in [3.63, 3.8) is 0 Å². The van der Waals surface area contributed by atoms with E-state index in [1.807, 2.05) is 0 Å². The highest BCUT2D eigenvalue weighted by Crippen LogP contribution is 2.24. The Morgan fingerprint density at radius 1 is 1.31 bits per heavy atom. The van der Waals surface area contributed by atoms with Gasteiger partial charge in [-0.05, 0) is 50.5 Å². The summed E-state index contributed by atoms with van der Waals surface area (Å²) in [7, 11) is 0. The number of carbonyl (C=O) groups excluding carboxylic acids is 1. The highest BCUT2D eigenvalue weighted by molar-refractivity contribution is 5.94. The van der Waals surface area contributed by atoms with Crippen molar-refractivity contribution in [3.05, 3.63) is 29.8 Å². The quantitative estimate of drug-likeness (QED) is 0.794. The van der Waals surface area contributed by atoms with Crippen LogP contribution in [0.2, 0.25) is 0 Å². The molecular formula is C13H16O3. The summed E-state index contributed by atoms with van der Waals surface area (Å²) in [6.07, 6.45) is 2.28. The normalized spacial score (nSPS) is 24.4. The molecule has 0 radical (unpaired) electrons. The highest BCUT2D eigenvalue weighted by atomic mass is 16.5. The van der Waals surface area contributed by atoms with Crippen LogP contribution < -0.4 is 4.74 Å². The van der Waals surface area contributed by atoms with Gasteiger partial charge in [0.15, 0.2) is 5.78 Å². The third-order valence-electron chi connectivity index (χ3n) is 2.97. The molecule has 16 heavy (non-hydrogen) atoms. The van der Waals surface area contributed by atoms with Gasteiger partial charge in [0.2, 0.25) is 0 Å². The first-order valence-electron chi connectivity index (χ1n) is 5.62. The Balaban J connectivity index is 2.02. The Hall–Kier alpha value is -1.35. The lowest BCUT2D eigenvalue weighted by Gasteiger charge is -2.17. The second-order valence-electron chi connectivity index (χ2n) is 4.24. The van der Waals surface area contributed by atoms with Crippen molar-refractivity contribution in [2.45, 2.75) is 38.4 Å². The van der Waals surface area contributed by atoms with Gasteiger partial charge >= 0.3 is 0 Å². The van der Waals surface area contributed by atoms with Gasteiger partial charge in [-0.15, -0.1) is 0 Å². The zero-order valence-corrected chi connectivity index (χ0v) is 9.35. The summed E-state index contributed by atoms with van der Waals surface area (Å²) < 4.78 is 5.66. The molecule has 0 amide bonds. The van der Waals surface area contributed by atoms with Crippen LogP contribution in [0.4, 0.5) is 0 Å². The first-order chi connectivity index (χ1) is 7.66. The molecule has 0 saturated heterocycles. The zero-order chi connectivity index (χ0) is 11.5. The molecule has 1 aliphatic rings. The molecule has 0 spiro atoms. The van der Waals surface area contributed by atoms with Crippen LogP contribution in [0.1, 0.15) is 36.5 Å². The minimum atomic E-state index is -0.354. The molecule has 86 valence electrons. The van der Waals surface area contributed by atoms with Gasteiger partial charge in [-0.25, -0.2) is 0 Å². The van der Waals surface area contributed by atoms with E-state index < -0.39 is 0 Å². The molecule has 0 heterocycles. The summed E-state index contributed by atoms with van der Waals surface area (Å²) in [4.78, 5) is 11.1. The summed E-state index contributed by atoms with van der Waals surface area (Å²) in [6.45, 7) is 1.54. The van der Waals surface area contributed by atoms with Crippen molar-refractivity contribution in [3.8, 4) is 5.75 Å². The molecule has 1 aliphatic carbocycles. The predicted molar refractivity (Wildman–Crippen MR) is 60.7 cm³/mol. The third kappa shape index (κ3) is 2.42. The molecule has 0 bridgehead atoms. The van der Waals surface area contributed by atoms with Crippen molar-refractivity contribution in [1.82, 2.24) is 0 Å². The predicted octanol–water partition coefficient (Wildman–Crippen LogP) is 2.18. The lowest BCUT2D eigenvalue weighted by atomic mass is 10.1. The van der Waals surface area contributed by atoms with E-state index in [1.54, 1.807) is 24.3 Å². The molecule has 1 fully saturated rings. The van der Waals surface area contributed by atoms with Gasteiger partial charge in [0.25, 0.3) is 0 Å². The van der Waals surface area contributed by atoms with Crippen molar-refractivity contribution in [2.75, 3.05) is 0 Å². The van der Waals surface area contributed by atoms with Crippen LogP contribution in [0.5, 0.6) is 5.75 Å². The van der Waals surface area contributed by atoms with Gasteiger partial charge in [0.1, 0.15) is 11.9 Å². The fraction of sp³-hybridized carbons (Fsp3) is 0.462. The Morgan fingerprint density at radius 3 is 2.50 bits per heavy atom. The van der Waals surface area contributed by atoms with Crippen molar-refractivity contribution in [1.29, 1.82) is 0 Å². The van der Waals surface area contributed by atoms with E-state index in [1.165, 1.54) is 6.92 Å². The standard InChI is InChI=1S/C13H16O3/c1-9(14)10-5-7-11(8-6-10)16-13-4-2-3-12(13)15/h5-8,12-13,15H,2-4H2,1H3/t12-,13-/m0/s1. The summed E-state index contributed by atoms with van der Waals surface area (Å²) in [5.74, 6) is 0.767. The molecule has 0 aromatic heterocycles. The topological polar surface area (TPSA) is 46.5 Å². The Kier molecular flexibility index (Phi) is 3.25. The van der Waals surface area contributed by atoms with Gasteiger partial charge in [-0.1, -0.05) is 0 Å². The fourth-order valence-corrected chi connectivity index (χ4v) is 1.99. The number of aliphatic hydroxyl groups excluding tert-OH is 1. The van der Waals surface area contributed by atoms with Gasteiger partial charge < -0.3 is 9.84 Å². The molecule has 1 saturated carbocycles. The lowest BCUT2D eigenvalue weighted by molar-refractivity contribution is 0.0604. The summed E-state index contributed by atoms with van der Waals surface area (Å²) >= 11 is 0. The van der Waals surface area contributed by atoms with Gasteiger partial charge in [0, 0.05) is 5.56 Å². The first-order valence-corrected chi connectivity index (χ1v) is 5.62. The molecule has 1 N–H and O–H groups in total. The second kappa shape index (κ2) is 4.66. The number of ketones is 1. The Morgan fingerprint density at radius 2 is 2.00 bits per heavy atom. The molecule has 1 aromatic rings. The summed E-state index contributed by atoms with van der Waals surface area (Å²) in [6, 6.07) is 7.06. The highest BCUT2D eigenvalue weighted by Gasteiger charge is 2.26. The van der Waals surface area contributed by atoms with Crippen LogP contribution in [-0.4, -0.2) is 23.1 Å². The number of benzene rings is 1. The van der Waals surface area contributed by atoms with Crippen molar-refractivity contribution in [2.24, 2.45) is 0 Å². The minimum Gasteiger partial charge on any atom is -0.488 e. The summed E-state index contributed by atoms with van der Waals surface area (Å²) in [5, 5.41) is 9.61. The van der Waals surface area contributed by atoms with Gasteiger partial charge in [0.05, 0.1) is 6.10 Å². The molecule has 2 atom stereocenters. The third-order valence-corrected chi connectivity index (χ3v) is 2.97. The maximum atomic E-state index is 11.1. The molecule has 2 rings (SSSR count). The number of aliphatic hydroxyl groups is 1. The van der Waals surface area contributed by atoms with Crippen molar-refractivity contribution >= 4 is 5.78 Å². The average molecular weight is 220 g/mol. The number of hydrogen-bond donors (Lipinski definition) is 1. The molecule has 0 unspecified atom stereocenters. The van der Waals surface area contributed by atoms with E-state index in [2.05, 4.69) is 0 Å². The molecule has 3 nitrogen and oxygen atoms in total. The zero-order valence-electron chi connectivity index (χ0n) is 9.35. The van der Waals surface area contributed by atoms with Crippen LogP contribution in [0.25, 0.3) is 0 Å². The SMILES string of the molecule is CC(=O)c1ccc(O[C@H]2CCC[C@@H]2O)cc1. The number of hydrogen-bond acceptors (Lipinski definition) is 3. The van der Waals surface area contributed by atoms with E-state index in [4.69, 9.17) is 4.74 Å². The van der Waals surface area contributed by atoms with Gasteiger partial charge in [-0.2, -0.15) is 0 Å². The van der Waals surface area contributed by atoms with E-state index in [9.17, 15) is 9.90 Å². The van der Waals surface area contributed by atoms with E-state index in [0.717, 1.165) is 25.0 Å². The van der Waals surface area contributed by atoms with Crippen LogP contribution in [0.15, 0.2) is 24.3 Å². The van der Waals surface area contributed by atoms with Gasteiger partial charge in [-0.3, -0.25) is 4.79 Å². The maximum Gasteiger partial charge on any atom is 0.159 e. The van der Waals surface area contributed by atoms with E-state index in [0.29, 0.717) is 5.56 Å². The molecule has 1 aromatic carbocycles. The van der Waals surface area contributed by atoms with Crippen LogP contribution in [-0.2, 0) is 0 Å². The molecule has 0 aliphatic heterocycles. The number of carbonyl (C=O) groups is 1. The molecular weight excluding hydrogens is 204 g/mol. The van der Waals surface area contributed by atoms with Crippen LogP contribution in [0, 0.1) is 0 Å². The van der Waals surface area contributed by atoms with E-state index in [-0.39, 0.29) is 18.0 Å². The Labute approximate surface area is 95.0 Å². The summed E-state index contributed by atoms with van der Waals surface area (Å²) in [5.41, 5.74) is 0.680. The average Bonchev–Trinajstić information content (AvgIpc) is 2.65. The van der Waals surface area contributed by atoms with Crippen molar-refractivity contribution < 1.29 is 14.6 Å². The van der Waals surface area contributed by atoms with Crippen LogP contribution >= 0.6 is 0 Å². The second-order valence-corrected chi connectivity index (χ2v) is 4.24. The molecule has 3 heteroatoms. The lowest BCUT2D eigenvalue weighted by Crippen LogP contribution is -2.25. The fourth-order valence-electron chi connectivity index (χ4n) is 1.99. The smallest absolute Gasteiger partial charge is 0.159 e. The maximum absolute atomic E-state index is 11.1.